The second-order valence-electron chi connectivity index (χ2n) is 5.33. The van der Waals surface area contributed by atoms with Gasteiger partial charge in [0.2, 0.25) is 0 Å². The quantitative estimate of drug-likeness (QED) is 0.846. The maximum atomic E-state index is 12.0. The first-order valence-electron chi connectivity index (χ1n) is 7.33. The van der Waals surface area contributed by atoms with E-state index >= 15 is 0 Å². The van der Waals surface area contributed by atoms with Crippen LogP contribution < -0.4 is 4.90 Å². The highest BCUT2D eigenvalue weighted by Gasteiger charge is 2.44. The minimum atomic E-state index is -0.876. The standard InChI is InChI=1S/C17H19NO2S/c1-3-17(16(19)20)11-7-9-13-15(17)21-14-10-6-5-8-12(14)18(13)4-2/h5-8,10-11H,3-4,9H2,1-2H3,(H,19,20). The zero-order valence-corrected chi connectivity index (χ0v) is 13.1. The lowest BCUT2D eigenvalue weighted by atomic mass is 9.80. The van der Waals surface area contributed by atoms with E-state index in [0.717, 1.165) is 28.5 Å². The Bertz CT molecular complexity index is 650. The fourth-order valence-corrected chi connectivity index (χ4v) is 4.60. The van der Waals surface area contributed by atoms with Crippen molar-refractivity contribution in [3.8, 4) is 0 Å². The van der Waals surface area contributed by atoms with Crippen molar-refractivity contribution < 1.29 is 9.90 Å². The minimum absolute atomic E-state index is 0.574. The van der Waals surface area contributed by atoms with Gasteiger partial charge in [-0.1, -0.05) is 43.0 Å². The number of nitrogens with zero attached hydrogens (tertiary/aromatic N) is 1. The molecule has 1 atom stereocenters. The first-order chi connectivity index (χ1) is 10.1. The Labute approximate surface area is 129 Å². The molecule has 0 aromatic heterocycles. The number of carboxylic acids is 1. The zero-order chi connectivity index (χ0) is 15.0. The SMILES string of the molecule is CCN1C2=C(Sc3ccccc31)C(CC)(C(=O)O)C=CC2. The molecule has 2 aliphatic rings. The Balaban J connectivity index is 2.18. The molecule has 1 aromatic rings. The second kappa shape index (κ2) is 5.26. The zero-order valence-electron chi connectivity index (χ0n) is 12.3. The van der Waals surface area contributed by atoms with Crippen molar-refractivity contribution in [2.45, 2.75) is 31.6 Å². The molecule has 110 valence electrons. The van der Waals surface area contributed by atoms with E-state index in [4.69, 9.17) is 0 Å². The third kappa shape index (κ3) is 2.01. The molecule has 1 aromatic carbocycles. The van der Waals surface area contributed by atoms with Crippen LogP contribution in [0, 0.1) is 5.41 Å². The molecule has 0 radical (unpaired) electrons. The van der Waals surface area contributed by atoms with Crippen LogP contribution >= 0.6 is 11.8 Å². The molecule has 0 saturated carbocycles. The lowest BCUT2D eigenvalue weighted by Gasteiger charge is -2.41. The van der Waals surface area contributed by atoms with Gasteiger partial charge in [0.15, 0.2) is 0 Å². The largest absolute Gasteiger partial charge is 0.480 e. The number of anilines is 1. The average molecular weight is 301 g/mol. The number of para-hydroxylation sites is 1. The smallest absolute Gasteiger partial charge is 0.318 e. The Morgan fingerprint density at radius 1 is 1.38 bits per heavy atom. The summed E-state index contributed by atoms with van der Waals surface area (Å²) in [5, 5.41) is 9.82. The van der Waals surface area contributed by atoms with E-state index in [1.165, 1.54) is 5.69 Å². The molecule has 0 fully saturated rings. The van der Waals surface area contributed by atoms with Gasteiger partial charge < -0.3 is 10.0 Å². The van der Waals surface area contributed by atoms with E-state index < -0.39 is 11.4 Å². The summed E-state index contributed by atoms with van der Waals surface area (Å²) in [6, 6.07) is 8.24. The summed E-state index contributed by atoms with van der Waals surface area (Å²) >= 11 is 1.63. The average Bonchev–Trinajstić information content (AvgIpc) is 2.51. The van der Waals surface area contributed by atoms with Gasteiger partial charge in [0, 0.05) is 28.5 Å². The first-order valence-corrected chi connectivity index (χ1v) is 8.14. The number of hydrogen-bond donors (Lipinski definition) is 1. The van der Waals surface area contributed by atoms with Crippen LogP contribution in [0.2, 0.25) is 0 Å². The monoisotopic (exact) mass is 301 g/mol. The Hall–Kier alpha value is -1.68. The van der Waals surface area contributed by atoms with Gasteiger partial charge in [0.05, 0.1) is 5.69 Å². The summed E-state index contributed by atoms with van der Waals surface area (Å²) in [5.74, 6) is -0.753. The van der Waals surface area contributed by atoms with Crippen molar-refractivity contribution >= 4 is 23.4 Å². The predicted octanol–water partition coefficient (Wildman–Crippen LogP) is 4.27. The van der Waals surface area contributed by atoms with Crippen LogP contribution in [-0.2, 0) is 4.79 Å². The fraction of sp³-hybridized carbons (Fsp3) is 0.353. The van der Waals surface area contributed by atoms with Gasteiger partial charge in [-0.2, -0.15) is 0 Å². The van der Waals surface area contributed by atoms with Gasteiger partial charge in [-0.05, 0) is 25.5 Å². The Morgan fingerprint density at radius 2 is 2.14 bits per heavy atom. The summed E-state index contributed by atoms with van der Waals surface area (Å²) < 4.78 is 0. The van der Waals surface area contributed by atoms with Crippen LogP contribution in [0.15, 0.2) is 51.9 Å². The van der Waals surface area contributed by atoms with Gasteiger partial charge in [-0.15, -0.1) is 0 Å². The molecule has 21 heavy (non-hydrogen) atoms. The van der Waals surface area contributed by atoms with E-state index in [1.807, 2.05) is 31.2 Å². The molecular weight excluding hydrogens is 282 g/mol. The maximum Gasteiger partial charge on any atom is 0.318 e. The van der Waals surface area contributed by atoms with E-state index in [0.29, 0.717) is 6.42 Å². The molecule has 0 spiro atoms. The van der Waals surface area contributed by atoms with Crippen LogP contribution in [0.4, 0.5) is 5.69 Å². The number of thioether (sulfide) groups is 1. The van der Waals surface area contributed by atoms with Gasteiger partial charge in [0.25, 0.3) is 0 Å². The van der Waals surface area contributed by atoms with Crippen molar-refractivity contribution in [1.82, 2.24) is 0 Å². The molecule has 1 heterocycles. The summed E-state index contributed by atoms with van der Waals surface area (Å²) in [4.78, 5) is 16.3. The Morgan fingerprint density at radius 3 is 2.81 bits per heavy atom. The molecule has 3 nitrogen and oxygen atoms in total. The highest BCUT2D eigenvalue weighted by molar-refractivity contribution is 8.03. The molecule has 0 saturated heterocycles. The number of aliphatic carboxylic acids is 1. The summed E-state index contributed by atoms with van der Waals surface area (Å²) in [7, 11) is 0. The number of fused-ring (bicyclic) bond motifs is 1. The minimum Gasteiger partial charge on any atom is -0.480 e. The number of benzene rings is 1. The molecule has 1 aliphatic carbocycles. The molecule has 4 heteroatoms. The lowest BCUT2D eigenvalue weighted by Crippen LogP contribution is -2.37. The van der Waals surface area contributed by atoms with Gasteiger partial charge >= 0.3 is 5.97 Å². The highest BCUT2D eigenvalue weighted by atomic mass is 32.2. The Kier molecular flexibility index (Phi) is 3.57. The highest BCUT2D eigenvalue weighted by Crippen LogP contribution is 2.54. The van der Waals surface area contributed by atoms with Gasteiger partial charge in [0.1, 0.15) is 5.41 Å². The van der Waals surface area contributed by atoms with Crippen LogP contribution in [0.5, 0.6) is 0 Å². The van der Waals surface area contributed by atoms with Crippen LogP contribution in [0.1, 0.15) is 26.7 Å². The van der Waals surface area contributed by atoms with Gasteiger partial charge in [-0.25, -0.2) is 0 Å². The maximum absolute atomic E-state index is 12.0. The van der Waals surface area contributed by atoms with E-state index in [2.05, 4.69) is 24.0 Å². The summed E-state index contributed by atoms with van der Waals surface area (Å²) in [6.07, 6.45) is 5.26. The molecule has 1 aliphatic heterocycles. The number of carbonyl (C=O) groups is 1. The van der Waals surface area contributed by atoms with Crippen LogP contribution in [-0.4, -0.2) is 17.6 Å². The van der Waals surface area contributed by atoms with E-state index in [9.17, 15) is 9.90 Å². The van der Waals surface area contributed by atoms with Crippen molar-refractivity contribution in [2.75, 3.05) is 11.4 Å². The van der Waals surface area contributed by atoms with Gasteiger partial charge in [-0.3, -0.25) is 4.79 Å². The number of hydrogen-bond acceptors (Lipinski definition) is 3. The second-order valence-corrected chi connectivity index (χ2v) is 6.38. The third-order valence-corrected chi connectivity index (χ3v) is 5.70. The first kappa shape index (κ1) is 14.3. The van der Waals surface area contributed by atoms with Crippen LogP contribution in [0.25, 0.3) is 0 Å². The normalized spacial score (nSPS) is 23.8. The van der Waals surface area contributed by atoms with E-state index in [-0.39, 0.29) is 0 Å². The topological polar surface area (TPSA) is 40.5 Å². The molecule has 1 unspecified atom stereocenters. The van der Waals surface area contributed by atoms with Crippen molar-refractivity contribution in [1.29, 1.82) is 0 Å². The molecule has 1 N–H and O–H groups in total. The predicted molar refractivity (Wildman–Crippen MR) is 86.5 cm³/mol. The number of rotatable bonds is 3. The van der Waals surface area contributed by atoms with Crippen molar-refractivity contribution in [2.24, 2.45) is 5.41 Å². The summed E-state index contributed by atoms with van der Waals surface area (Å²) in [6.45, 7) is 4.92. The molecule has 3 rings (SSSR count). The summed E-state index contributed by atoms with van der Waals surface area (Å²) in [5.41, 5.74) is 1.46. The molecule has 0 amide bonds. The third-order valence-electron chi connectivity index (χ3n) is 4.33. The van der Waals surface area contributed by atoms with Crippen LogP contribution in [0.3, 0.4) is 0 Å². The van der Waals surface area contributed by atoms with Crippen molar-refractivity contribution in [3.05, 3.63) is 47.0 Å². The lowest BCUT2D eigenvalue weighted by molar-refractivity contribution is -0.144. The molecule has 0 bridgehead atoms. The number of allylic oxidation sites excluding steroid dienone is 1. The molecular formula is C17H19NO2S. The van der Waals surface area contributed by atoms with Crippen molar-refractivity contribution in [3.63, 3.8) is 0 Å². The number of carboxylic acid groups (broad SMARTS) is 1. The van der Waals surface area contributed by atoms with E-state index in [1.54, 1.807) is 11.8 Å². The fourth-order valence-electron chi connectivity index (χ4n) is 3.16.